The van der Waals surface area contributed by atoms with Gasteiger partial charge < -0.3 is 9.84 Å². The Morgan fingerprint density at radius 2 is 2.54 bits per heavy atom. The number of allylic oxidation sites excluding steroid dienone is 1. The van der Waals surface area contributed by atoms with E-state index in [1.807, 2.05) is 19.1 Å². The lowest BCUT2D eigenvalue weighted by molar-refractivity contribution is -0.155. The summed E-state index contributed by atoms with van der Waals surface area (Å²) in [4.78, 5) is 12.7. The van der Waals surface area contributed by atoms with E-state index in [4.69, 9.17) is 9.84 Å². The third-order valence-electron chi connectivity index (χ3n) is 2.03. The van der Waals surface area contributed by atoms with Crippen molar-refractivity contribution in [2.45, 2.75) is 13.0 Å². The van der Waals surface area contributed by atoms with Crippen LogP contribution in [-0.2, 0) is 9.53 Å². The Balaban J connectivity index is 2.37. The summed E-state index contributed by atoms with van der Waals surface area (Å²) in [6.07, 6.45) is 3.33. The molecular formula is C9H15NO3. The van der Waals surface area contributed by atoms with E-state index in [9.17, 15) is 4.79 Å². The molecule has 0 saturated carbocycles. The molecule has 4 nitrogen and oxygen atoms in total. The Morgan fingerprint density at radius 1 is 1.77 bits per heavy atom. The van der Waals surface area contributed by atoms with Crippen LogP contribution in [0.5, 0.6) is 0 Å². The van der Waals surface area contributed by atoms with Crippen molar-refractivity contribution in [3.8, 4) is 0 Å². The van der Waals surface area contributed by atoms with E-state index in [2.05, 4.69) is 4.90 Å². The number of ether oxygens (including phenoxy) is 1. The predicted octanol–water partition coefficient (Wildman–Crippen LogP) is 0.348. The van der Waals surface area contributed by atoms with Crippen LogP contribution in [0.3, 0.4) is 0 Å². The molecule has 74 valence electrons. The van der Waals surface area contributed by atoms with Gasteiger partial charge in [-0.3, -0.25) is 4.90 Å². The van der Waals surface area contributed by atoms with Gasteiger partial charge in [0.2, 0.25) is 0 Å². The van der Waals surface area contributed by atoms with Gasteiger partial charge in [-0.1, -0.05) is 12.2 Å². The van der Waals surface area contributed by atoms with Gasteiger partial charge in [0.25, 0.3) is 0 Å². The number of carbonyl (C=O) groups is 1. The van der Waals surface area contributed by atoms with Gasteiger partial charge >= 0.3 is 5.97 Å². The fourth-order valence-electron chi connectivity index (χ4n) is 1.27. The second-order valence-corrected chi connectivity index (χ2v) is 3.03. The lowest BCUT2D eigenvalue weighted by atomic mass is 10.2. The van der Waals surface area contributed by atoms with Gasteiger partial charge in [0, 0.05) is 19.6 Å². The number of hydrogen-bond acceptors (Lipinski definition) is 3. The Hall–Kier alpha value is -0.870. The third kappa shape index (κ3) is 3.16. The first kappa shape index (κ1) is 10.2. The summed E-state index contributed by atoms with van der Waals surface area (Å²) in [5.74, 6) is -0.870. The fraction of sp³-hybridized carbons (Fsp3) is 0.667. The molecule has 1 N–H and O–H groups in total. The predicted molar refractivity (Wildman–Crippen MR) is 48.6 cm³/mol. The van der Waals surface area contributed by atoms with Gasteiger partial charge in [0.15, 0.2) is 6.10 Å². The molecule has 13 heavy (non-hydrogen) atoms. The smallest absolute Gasteiger partial charge is 0.334 e. The van der Waals surface area contributed by atoms with Crippen LogP contribution >= 0.6 is 0 Å². The molecule has 0 aromatic rings. The van der Waals surface area contributed by atoms with Crippen molar-refractivity contribution < 1.29 is 14.6 Å². The number of morpholine rings is 1. The molecule has 0 amide bonds. The molecule has 0 aliphatic carbocycles. The topological polar surface area (TPSA) is 49.8 Å². The van der Waals surface area contributed by atoms with Crippen molar-refractivity contribution >= 4 is 5.97 Å². The maximum absolute atomic E-state index is 10.6. The van der Waals surface area contributed by atoms with Crippen molar-refractivity contribution in [1.29, 1.82) is 0 Å². The molecule has 1 aliphatic heterocycles. The van der Waals surface area contributed by atoms with Crippen molar-refractivity contribution in [1.82, 2.24) is 4.90 Å². The number of carboxylic acids is 1. The van der Waals surface area contributed by atoms with E-state index in [1.54, 1.807) is 0 Å². The summed E-state index contributed by atoms with van der Waals surface area (Å²) < 4.78 is 5.08. The zero-order valence-corrected chi connectivity index (χ0v) is 7.77. The molecule has 1 heterocycles. The fourth-order valence-corrected chi connectivity index (χ4v) is 1.27. The zero-order chi connectivity index (χ0) is 9.68. The van der Waals surface area contributed by atoms with Crippen molar-refractivity contribution in [3.63, 3.8) is 0 Å². The van der Waals surface area contributed by atoms with Crippen molar-refractivity contribution in [2.24, 2.45) is 0 Å². The number of aliphatic carboxylic acids is 1. The molecule has 1 fully saturated rings. The molecule has 1 unspecified atom stereocenters. The van der Waals surface area contributed by atoms with Crippen LogP contribution in [0.25, 0.3) is 0 Å². The minimum atomic E-state index is -0.870. The summed E-state index contributed by atoms with van der Waals surface area (Å²) >= 11 is 0. The maximum Gasteiger partial charge on any atom is 0.334 e. The highest BCUT2D eigenvalue weighted by Crippen LogP contribution is 2.04. The molecular weight excluding hydrogens is 170 g/mol. The largest absolute Gasteiger partial charge is 0.479 e. The number of nitrogens with zero attached hydrogens (tertiary/aromatic N) is 1. The van der Waals surface area contributed by atoms with Crippen LogP contribution in [-0.4, -0.2) is 48.3 Å². The molecule has 1 aliphatic rings. The second-order valence-electron chi connectivity index (χ2n) is 3.03. The van der Waals surface area contributed by atoms with E-state index in [0.717, 1.165) is 13.1 Å². The van der Waals surface area contributed by atoms with E-state index in [1.165, 1.54) is 0 Å². The van der Waals surface area contributed by atoms with Crippen LogP contribution < -0.4 is 0 Å². The van der Waals surface area contributed by atoms with Gasteiger partial charge in [0.1, 0.15) is 0 Å². The Morgan fingerprint density at radius 3 is 3.15 bits per heavy atom. The SMILES string of the molecule is C/C=C/CN1CCOC(C(=O)O)C1. The van der Waals surface area contributed by atoms with Gasteiger partial charge in [-0.2, -0.15) is 0 Å². The molecule has 0 aromatic heterocycles. The Labute approximate surface area is 77.8 Å². The second kappa shape index (κ2) is 4.99. The lowest BCUT2D eigenvalue weighted by Gasteiger charge is -2.29. The molecule has 1 saturated heterocycles. The van der Waals surface area contributed by atoms with E-state index < -0.39 is 12.1 Å². The van der Waals surface area contributed by atoms with E-state index in [0.29, 0.717) is 13.2 Å². The minimum absolute atomic E-state index is 0.486. The Bertz CT molecular complexity index is 203. The molecule has 1 atom stereocenters. The quantitative estimate of drug-likeness (QED) is 0.644. The highest BCUT2D eigenvalue weighted by atomic mass is 16.5. The van der Waals surface area contributed by atoms with E-state index >= 15 is 0 Å². The van der Waals surface area contributed by atoms with Crippen molar-refractivity contribution in [2.75, 3.05) is 26.2 Å². The average Bonchev–Trinajstić information content (AvgIpc) is 2.15. The van der Waals surface area contributed by atoms with Crippen LogP contribution in [0.15, 0.2) is 12.2 Å². The third-order valence-corrected chi connectivity index (χ3v) is 2.03. The van der Waals surface area contributed by atoms with Crippen LogP contribution in [0.1, 0.15) is 6.92 Å². The van der Waals surface area contributed by atoms with Crippen LogP contribution in [0.4, 0.5) is 0 Å². The van der Waals surface area contributed by atoms with Crippen molar-refractivity contribution in [3.05, 3.63) is 12.2 Å². The highest BCUT2D eigenvalue weighted by Gasteiger charge is 2.25. The van der Waals surface area contributed by atoms with Crippen LogP contribution in [0.2, 0.25) is 0 Å². The number of rotatable bonds is 3. The average molecular weight is 185 g/mol. The first-order chi connectivity index (χ1) is 6.24. The monoisotopic (exact) mass is 185 g/mol. The molecule has 0 bridgehead atoms. The highest BCUT2D eigenvalue weighted by molar-refractivity contribution is 5.72. The number of hydrogen-bond donors (Lipinski definition) is 1. The number of carboxylic acid groups (broad SMARTS) is 1. The summed E-state index contributed by atoms with van der Waals surface area (Å²) in [5.41, 5.74) is 0. The molecule has 0 spiro atoms. The van der Waals surface area contributed by atoms with E-state index in [-0.39, 0.29) is 0 Å². The normalized spacial score (nSPS) is 25.2. The van der Waals surface area contributed by atoms with Gasteiger partial charge in [-0.15, -0.1) is 0 Å². The maximum atomic E-state index is 10.6. The molecule has 0 aromatic carbocycles. The first-order valence-corrected chi connectivity index (χ1v) is 4.42. The van der Waals surface area contributed by atoms with Crippen LogP contribution in [0, 0.1) is 0 Å². The summed E-state index contributed by atoms with van der Waals surface area (Å²) in [5, 5.41) is 8.71. The lowest BCUT2D eigenvalue weighted by Crippen LogP contribution is -2.45. The zero-order valence-electron chi connectivity index (χ0n) is 7.77. The standard InChI is InChI=1S/C9H15NO3/c1-2-3-4-10-5-6-13-8(7-10)9(11)12/h2-3,8H,4-7H2,1H3,(H,11,12)/b3-2+. The summed E-state index contributed by atoms with van der Waals surface area (Å²) in [7, 11) is 0. The summed E-state index contributed by atoms with van der Waals surface area (Å²) in [6, 6.07) is 0. The molecule has 4 heteroatoms. The summed E-state index contributed by atoms with van der Waals surface area (Å²) in [6.45, 7) is 4.57. The minimum Gasteiger partial charge on any atom is -0.479 e. The van der Waals surface area contributed by atoms with Gasteiger partial charge in [0.05, 0.1) is 6.61 Å². The first-order valence-electron chi connectivity index (χ1n) is 4.42. The van der Waals surface area contributed by atoms with Gasteiger partial charge in [-0.05, 0) is 6.92 Å². The Kier molecular flexibility index (Phi) is 3.92. The van der Waals surface area contributed by atoms with Gasteiger partial charge in [-0.25, -0.2) is 4.79 Å². The molecule has 0 radical (unpaired) electrons. The molecule has 1 rings (SSSR count).